The van der Waals surface area contributed by atoms with Gasteiger partial charge in [-0.1, -0.05) is 68.4 Å². The molecule has 0 fully saturated rings. The van der Waals surface area contributed by atoms with Gasteiger partial charge in [-0.25, -0.2) is 4.98 Å². The van der Waals surface area contributed by atoms with Crippen molar-refractivity contribution in [2.75, 3.05) is 7.11 Å². The first kappa shape index (κ1) is 22.5. The van der Waals surface area contributed by atoms with Crippen LogP contribution < -0.4 is 10.1 Å². The van der Waals surface area contributed by atoms with E-state index in [9.17, 15) is 4.79 Å². The van der Waals surface area contributed by atoms with E-state index in [0.29, 0.717) is 11.5 Å². The largest absolute Gasteiger partial charge is 0.497 e. The van der Waals surface area contributed by atoms with Gasteiger partial charge in [0.25, 0.3) is 5.91 Å². The zero-order valence-electron chi connectivity index (χ0n) is 19.6. The molecule has 1 atom stereocenters. The number of fused-ring (bicyclic) bond motifs is 1. The number of hydrogen-bond donors (Lipinski definition) is 1. The highest BCUT2D eigenvalue weighted by Crippen LogP contribution is 2.27. The molecule has 4 heteroatoms. The van der Waals surface area contributed by atoms with Crippen molar-refractivity contribution in [3.05, 3.63) is 95.6 Å². The highest BCUT2D eigenvalue weighted by molar-refractivity contribution is 6.07. The van der Waals surface area contributed by atoms with Gasteiger partial charge in [0, 0.05) is 10.9 Å². The maximum absolute atomic E-state index is 13.4. The van der Waals surface area contributed by atoms with Gasteiger partial charge in [0.1, 0.15) is 5.75 Å². The SMILES string of the molecule is COc1cccc([C@@H](C)NC(=O)c2cc(-c3ccc(CC(C)C)cc3)nc3ccccc23)c1. The lowest BCUT2D eigenvalue weighted by Crippen LogP contribution is -2.27. The summed E-state index contributed by atoms with van der Waals surface area (Å²) >= 11 is 0. The van der Waals surface area contributed by atoms with Gasteiger partial charge in [-0.15, -0.1) is 0 Å². The Morgan fingerprint density at radius 2 is 1.70 bits per heavy atom. The normalized spacial score (nSPS) is 12.0. The Labute approximate surface area is 195 Å². The Morgan fingerprint density at radius 1 is 0.939 bits per heavy atom. The third-order valence-corrected chi connectivity index (χ3v) is 5.80. The van der Waals surface area contributed by atoms with Gasteiger partial charge in [0.2, 0.25) is 0 Å². The smallest absolute Gasteiger partial charge is 0.252 e. The fourth-order valence-electron chi connectivity index (χ4n) is 4.06. The Morgan fingerprint density at radius 3 is 2.42 bits per heavy atom. The zero-order chi connectivity index (χ0) is 23.4. The van der Waals surface area contributed by atoms with Crippen molar-refractivity contribution >= 4 is 16.8 Å². The maximum Gasteiger partial charge on any atom is 0.252 e. The number of rotatable bonds is 7. The number of carbonyl (C=O) groups excluding carboxylic acids is 1. The molecule has 4 aromatic rings. The van der Waals surface area contributed by atoms with Crippen LogP contribution >= 0.6 is 0 Å². The molecule has 3 aromatic carbocycles. The van der Waals surface area contributed by atoms with Crippen molar-refractivity contribution in [2.24, 2.45) is 5.92 Å². The molecule has 0 spiro atoms. The van der Waals surface area contributed by atoms with Crippen LogP contribution in [0.3, 0.4) is 0 Å². The molecule has 0 radical (unpaired) electrons. The Hall–Kier alpha value is -3.66. The number of ether oxygens (including phenoxy) is 1. The number of amides is 1. The summed E-state index contributed by atoms with van der Waals surface area (Å²) in [6.45, 7) is 6.41. The molecule has 4 rings (SSSR count). The van der Waals surface area contributed by atoms with E-state index in [2.05, 4.69) is 43.4 Å². The van der Waals surface area contributed by atoms with Gasteiger partial charge in [-0.05, 0) is 54.7 Å². The monoisotopic (exact) mass is 438 g/mol. The molecular formula is C29H30N2O2. The summed E-state index contributed by atoms with van der Waals surface area (Å²) in [5.74, 6) is 1.25. The molecule has 0 unspecified atom stereocenters. The highest BCUT2D eigenvalue weighted by Gasteiger charge is 2.17. The quantitative estimate of drug-likeness (QED) is 0.354. The average molecular weight is 439 g/mol. The summed E-state index contributed by atoms with van der Waals surface area (Å²) in [6.07, 6.45) is 1.04. The summed E-state index contributed by atoms with van der Waals surface area (Å²) in [4.78, 5) is 18.2. The van der Waals surface area contributed by atoms with Crippen molar-refractivity contribution < 1.29 is 9.53 Å². The minimum Gasteiger partial charge on any atom is -0.497 e. The molecular weight excluding hydrogens is 408 g/mol. The van der Waals surface area contributed by atoms with E-state index in [1.165, 1.54) is 5.56 Å². The minimum absolute atomic E-state index is 0.124. The van der Waals surface area contributed by atoms with Gasteiger partial charge >= 0.3 is 0 Å². The van der Waals surface area contributed by atoms with Crippen LogP contribution in [0.2, 0.25) is 0 Å². The number of methoxy groups -OCH3 is 1. The van der Waals surface area contributed by atoms with Gasteiger partial charge < -0.3 is 10.1 Å². The number of para-hydroxylation sites is 1. The van der Waals surface area contributed by atoms with Crippen LogP contribution in [0.25, 0.3) is 22.2 Å². The van der Waals surface area contributed by atoms with E-state index in [1.807, 2.05) is 61.5 Å². The van der Waals surface area contributed by atoms with Crippen molar-refractivity contribution in [1.82, 2.24) is 10.3 Å². The van der Waals surface area contributed by atoms with Crippen LogP contribution in [-0.4, -0.2) is 18.0 Å². The Kier molecular flexibility index (Phi) is 6.74. The lowest BCUT2D eigenvalue weighted by atomic mass is 9.99. The maximum atomic E-state index is 13.4. The van der Waals surface area contributed by atoms with Crippen LogP contribution in [0.4, 0.5) is 0 Å². The summed E-state index contributed by atoms with van der Waals surface area (Å²) < 4.78 is 5.33. The molecule has 0 saturated carbocycles. The van der Waals surface area contributed by atoms with Crippen LogP contribution in [0.5, 0.6) is 5.75 Å². The highest BCUT2D eigenvalue weighted by atomic mass is 16.5. The molecule has 1 N–H and O–H groups in total. The molecule has 1 aromatic heterocycles. The van der Waals surface area contributed by atoms with Gasteiger partial charge in [-0.2, -0.15) is 0 Å². The lowest BCUT2D eigenvalue weighted by Gasteiger charge is -2.17. The molecule has 1 amide bonds. The number of benzene rings is 3. The molecule has 1 heterocycles. The van der Waals surface area contributed by atoms with Gasteiger partial charge in [0.05, 0.1) is 29.9 Å². The van der Waals surface area contributed by atoms with Crippen molar-refractivity contribution in [2.45, 2.75) is 33.2 Å². The number of pyridine rings is 1. The average Bonchev–Trinajstić information content (AvgIpc) is 2.83. The molecule has 0 saturated heterocycles. The van der Waals surface area contributed by atoms with Crippen molar-refractivity contribution in [3.63, 3.8) is 0 Å². The predicted molar refractivity (Wildman–Crippen MR) is 135 cm³/mol. The molecule has 0 aliphatic heterocycles. The standard InChI is InChI=1S/C29H30N2O2/c1-19(2)16-21-12-14-22(15-13-21)28-18-26(25-10-5-6-11-27(25)31-28)29(32)30-20(3)23-8-7-9-24(17-23)33-4/h5-15,17-20H,16H2,1-4H3,(H,30,32)/t20-/m1/s1. The van der Waals surface area contributed by atoms with E-state index in [-0.39, 0.29) is 11.9 Å². The summed E-state index contributed by atoms with van der Waals surface area (Å²) in [6, 6.07) is 25.8. The van der Waals surface area contributed by atoms with E-state index < -0.39 is 0 Å². The van der Waals surface area contributed by atoms with Crippen LogP contribution in [0.15, 0.2) is 78.9 Å². The Bertz CT molecular complexity index is 1260. The number of hydrogen-bond acceptors (Lipinski definition) is 3. The molecule has 0 aliphatic rings. The lowest BCUT2D eigenvalue weighted by molar-refractivity contribution is 0.0941. The summed E-state index contributed by atoms with van der Waals surface area (Å²) in [7, 11) is 1.64. The molecule has 0 bridgehead atoms. The van der Waals surface area contributed by atoms with E-state index in [4.69, 9.17) is 9.72 Å². The predicted octanol–water partition coefficient (Wildman–Crippen LogP) is 6.60. The van der Waals surface area contributed by atoms with Crippen LogP contribution in [0.1, 0.15) is 48.3 Å². The summed E-state index contributed by atoms with van der Waals surface area (Å²) in [5, 5.41) is 3.98. The third kappa shape index (κ3) is 5.23. The Balaban J connectivity index is 1.67. The number of nitrogens with zero attached hydrogens (tertiary/aromatic N) is 1. The summed E-state index contributed by atoms with van der Waals surface area (Å²) in [5.41, 5.74) is 5.52. The van der Waals surface area contributed by atoms with Crippen LogP contribution in [-0.2, 0) is 6.42 Å². The minimum atomic E-state index is -0.168. The molecule has 33 heavy (non-hydrogen) atoms. The molecule has 168 valence electrons. The number of nitrogens with one attached hydrogen (secondary N) is 1. The second kappa shape index (κ2) is 9.86. The van der Waals surface area contributed by atoms with E-state index >= 15 is 0 Å². The first-order valence-electron chi connectivity index (χ1n) is 11.4. The fourth-order valence-corrected chi connectivity index (χ4v) is 4.06. The first-order chi connectivity index (χ1) is 15.9. The van der Waals surface area contributed by atoms with Crippen molar-refractivity contribution in [3.8, 4) is 17.0 Å². The second-order valence-electron chi connectivity index (χ2n) is 8.84. The third-order valence-electron chi connectivity index (χ3n) is 5.80. The van der Waals surface area contributed by atoms with Crippen molar-refractivity contribution in [1.29, 1.82) is 0 Å². The van der Waals surface area contributed by atoms with E-state index in [1.54, 1.807) is 7.11 Å². The van der Waals surface area contributed by atoms with E-state index in [0.717, 1.165) is 39.9 Å². The number of aromatic nitrogens is 1. The molecule has 0 aliphatic carbocycles. The fraction of sp³-hybridized carbons (Fsp3) is 0.241. The topological polar surface area (TPSA) is 51.2 Å². The first-order valence-corrected chi connectivity index (χ1v) is 11.4. The van der Waals surface area contributed by atoms with Crippen LogP contribution in [0, 0.1) is 5.92 Å². The molecule has 4 nitrogen and oxygen atoms in total. The number of carbonyl (C=O) groups is 1. The second-order valence-corrected chi connectivity index (χ2v) is 8.84. The van der Waals surface area contributed by atoms with Gasteiger partial charge in [-0.3, -0.25) is 4.79 Å². The zero-order valence-corrected chi connectivity index (χ0v) is 19.6. The van der Waals surface area contributed by atoms with Gasteiger partial charge in [0.15, 0.2) is 0 Å².